The van der Waals surface area contributed by atoms with Crippen LogP contribution in [0.4, 0.5) is 18.9 Å². The summed E-state index contributed by atoms with van der Waals surface area (Å²) in [5, 5.41) is 4.38. The molecule has 0 saturated heterocycles. The Bertz CT molecular complexity index is 1150. The van der Waals surface area contributed by atoms with E-state index in [9.17, 15) is 18.0 Å². The first-order chi connectivity index (χ1) is 14.8. The molecule has 1 atom stereocenters. The molecule has 5 nitrogen and oxygen atoms in total. The predicted molar refractivity (Wildman–Crippen MR) is 114 cm³/mol. The number of carbonyl (C=O) groups excluding carboxylic acids is 1. The van der Waals surface area contributed by atoms with Gasteiger partial charge in [-0.05, 0) is 23.8 Å². The smallest absolute Gasteiger partial charge is 0.319 e. The third-order valence-electron chi connectivity index (χ3n) is 4.93. The monoisotopic (exact) mass is 442 g/mol. The molecule has 0 spiro atoms. The van der Waals surface area contributed by atoms with Gasteiger partial charge in [0.1, 0.15) is 5.69 Å². The van der Waals surface area contributed by atoms with Gasteiger partial charge in [0, 0.05) is 23.4 Å². The fourth-order valence-electron chi connectivity index (χ4n) is 3.20. The van der Waals surface area contributed by atoms with Gasteiger partial charge in [0.05, 0.1) is 34.3 Å². The van der Waals surface area contributed by atoms with E-state index in [-0.39, 0.29) is 11.8 Å². The number of carbonyl (C=O) groups is 1. The molecule has 1 aliphatic heterocycles. The molecule has 4 rings (SSSR count). The van der Waals surface area contributed by atoms with Crippen LogP contribution in [0.25, 0.3) is 5.70 Å². The Hall–Kier alpha value is -3.33. The van der Waals surface area contributed by atoms with E-state index < -0.39 is 11.7 Å². The van der Waals surface area contributed by atoms with Gasteiger partial charge in [0.25, 0.3) is 5.91 Å². The van der Waals surface area contributed by atoms with E-state index >= 15 is 0 Å². The van der Waals surface area contributed by atoms with E-state index in [4.69, 9.17) is 0 Å². The highest BCUT2D eigenvalue weighted by molar-refractivity contribution is 7.07. The summed E-state index contributed by atoms with van der Waals surface area (Å²) >= 11 is 1.33. The summed E-state index contributed by atoms with van der Waals surface area (Å²) in [5.74, 6) is -0.571. The molecular weight excluding hydrogens is 425 g/mol. The topological polar surface area (TPSA) is 67.2 Å². The summed E-state index contributed by atoms with van der Waals surface area (Å²) in [6.45, 7) is 1.84. The van der Waals surface area contributed by atoms with Crippen molar-refractivity contribution in [2.45, 2.75) is 25.4 Å². The van der Waals surface area contributed by atoms with Crippen LogP contribution in [0.5, 0.6) is 0 Å². The van der Waals surface area contributed by atoms with Gasteiger partial charge in [-0.25, -0.2) is 4.98 Å². The number of aliphatic imine (C=N–C) groups is 1. The number of alkyl halides is 3. The van der Waals surface area contributed by atoms with Gasteiger partial charge in [-0.3, -0.25) is 14.8 Å². The average molecular weight is 442 g/mol. The second kappa shape index (κ2) is 8.43. The molecule has 2 aromatic heterocycles. The van der Waals surface area contributed by atoms with E-state index in [1.165, 1.54) is 29.7 Å². The summed E-state index contributed by atoms with van der Waals surface area (Å²) in [5.41, 5.74) is 4.41. The minimum absolute atomic E-state index is 0.257. The van der Waals surface area contributed by atoms with Gasteiger partial charge in [0.15, 0.2) is 0 Å². The van der Waals surface area contributed by atoms with Gasteiger partial charge in [0.2, 0.25) is 0 Å². The number of benzene rings is 1. The number of thiazole rings is 1. The van der Waals surface area contributed by atoms with Gasteiger partial charge in [-0.2, -0.15) is 13.2 Å². The zero-order chi connectivity index (χ0) is 22.0. The summed E-state index contributed by atoms with van der Waals surface area (Å²) in [6, 6.07) is 8.79. The van der Waals surface area contributed by atoms with Crippen LogP contribution < -0.4 is 5.32 Å². The molecule has 0 fully saturated rings. The van der Waals surface area contributed by atoms with Crippen molar-refractivity contribution < 1.29 is 18.0 Å². The normalized spacial score (nSPS) is 14.7. The van der Waals surface area contributed by atoms with Crippen LogP contribution in [0.1, 0.15) is 46.6 Å². The zero-order valence-corrected chi connectivity index (χ0v) is 17.2. The molecule has 158 valence electrons. The molecule has 1 aromatic carbocycles. The number of amides is 1. The Labute approximate surface area is 180 Å². The maximum atomic E-state index is 13.0. The van der Waals surface area contributed by atoms with Crippen LogP contribution in [0.15, 0.2) is 64.6 Å². The highest BCUT2D eigenvalue weighted by Crippen LogP contribution is 2.33. The molecule has 31 heavy (non-hydrogen) atoms. The van der Waals surface area contributed by atoms with Crippen molar-refractivity contribution in [3.8, 4) is 0 Å². The van der Waals surface area contributed by atoms with E-state index in [0.29, 0.717) is 34.8 Å². The lowest BCUT2D eigenvalue weighted by molar-refractivity contribution is -0.137. The molecule has 1 unspecified atom stereocenters. The zero-order valence-electron chi connectivity index (χ0n) is 16.3. The molecule has 3 heterocycles. The Kier molecular flexibility index (Phi) is 5.69. The molecule has 0 radical (unpaired) electrons. The van der Waals surface area contributed by atoms with Crippen LogP contribution in [0.2, 0.25) is 0 Å². The van der Waals surface area contributed by atoms with Gasteiger partial charge in [-0.1, -0.05) is 31.2 Å². The average Bonchev–Trinajstić information content (AvgIpc) is 3.46. The molecule has 1 aliphatic rings. The fourth-order valence-corrected chi connectivity index (χ4v) is 3.73. The van der Waals surface area contributed by atoms with Crippen molar-refractivity contribution >= 4 is 34.3 Å². The first-order valence-corrected chi connectivity index (χ1v) is 10.4. The molecular formula is C22H17F3N4OS. The highest BCUT2D eigenvalue weighted by Gasteiger charge is 2.31. The lowest BCUT2D eigenvalue weighted by Gasteiger charge is -2.14. The van der Waals surface area contributed by atoms with E-state index in [0.717, 1.165) is 11.8 Å². The number of anilines is 1. The molecule has 0 bridgehead atoms. The summed E-state index contributed by atoms with van der Waals surface area (Å²) in [4.78, 5) is 25.0. The van der Waals surface area contributed by atoms with Gasteiger partial charge < -0.3 is 5.32 Å². The largest absolute Gasteiger partial charge is 0.416 e. The first kappa shape index (κ1) is 20.9. The first-order valence-electron chi connectivity index (χ1n) is 9.42. The molecule has 9 heteroatoms. The lowest BCUT2D eigenvalue weighted by Crippen LogP contribution is -2.12. The number of hydrogen-bond donors (Lipinski definition) is 1. The Morgan fingerprint density at radius 2 is 2.03 bits per heavy atom. The second-order valence-electron chi connectivity index (χ2n) is 7.00. The van der Waals surface area contributed by atoms with Crippen molar-refractivity contribution in [2.75, 3.05) is 5.32 Å². The van der Waals surface area contributed by atoms with Crippen LogP contribution in [0.3, 0.4) is 0 Å². The summed E-state index contributed by atoms with van der Waals surface area (Å²) in [6.07, 6.45) is -0.409. The summed E-state index contributed by atoms with van der Waals surface area (Å²) in [7, 11) is 0. The SMILES string of the molecule is CC(C1=NC(c2ccc(NC(=O)c3cscn3)cn2)=CC1)c1cccc(C(F)(F)F)c1. The molecule has 0 aliphatic carbocycles. The number of pyridine rings is 1. The van der Waals surface area contributed by atoms with E-state index in [1.54, 1.807) is 29.1 Å². The Morgan fingerprint density at radius 1 is 1.19 bits per heavy atom. The number of nitrogens with zero attached hydrogens (tertiary/aromatic N) is 3. The van der Waals surface area contributed by atoms with Crippen molar-refractivity contribution in [3.63, 3.8) is 0 Å². The van der Waals surface area contributed by atoms with Crippen LogP contribution in [0, 0.1) is 0 Å². The number of allylic oxidation sites excluding steroid dienone is 1. The fraction of sp³-hybridized carbons (Fsp3) is 0.182. The van der Waals surface area contributed by atoms with Crippen molar-refractivity contribution in [1.82, 2.24) is 9.97 Å². The van der Waals surface area contributed by atoms with Crippen LogP contribution in [-0.2, 0) is 6.18 Å². The van der Waals surface area contributed by atoms with E-state index in [1.807, 2.05) is 13.0 Å². The third-order valence-corrected chi connectivity index (χ3v) is 5.52. The van der Waals surface area contributed by atoms with Crippen molar-refractivity contribution in [2.24, 2.45) is 4.99 Å². The molecule has 1 amide bonds. The highest BCUT2D eigenvalue weighted by atomic mass is 32.1. The van der Waals surface area contributed by atoms with Crippen LogP contribution >= 0.6 is 11.3 Å². The number of nitrogens with one attached hydrogen (secondary N) is 1. The maximum absolute atomic E-state index is 13.0. The number of hydrogen-bond acceptors (Lipinski definition) is 5. The number of rotatable bonds is 5. The standard InChI is InChI=1S/C22H17F3N4OS/c1-13(14-3-2-4-15(9-14)22(23,24)25)17-7-8-19(29-17)18-6-5-16(10-26-18)28-21(30)20-11-31-12-27-20/h2-6,8-13H,7H2,1H3,(H,28,30). The van der Waals surface area contributed by atoms with Gasteiger partial charge >= 0.3 is 6.18 Å². The second-order valence-corrected chi connectivity index (χ2v) is 7.72. The quantitative estimate of drug-likeness (QED) is 0.543. The number of halogens is 3. The molecule has 1 N–H and O–H groups in total. The minimum Gasteiger partial charge on any atom is -0.319 e. The van der Waals surface area contributed by atoms with Crippen molar-refractivity contribution in [1.29, 1.82) is 0 Å². The predicted octanol–water partition coefficient (Wildman–Crippen LogP) is 5.80. The third kappa shape index (κ3) is 4.72. The number of aromatic nitrogens is 2. The van der Waals surface area contributed by atoms with E-state index in [2.05, 4.69) is 20.3 Å². The molecule has 0 saturated carbocycles. The minimum atomic E-state index is -4.38. The Morgan fingerprint density at radius 3 is 2.71 bits per heavy atom. The summed E-state index contributed by atoms with van der Waals surface area (Å²) < 4.78 is 39.0. The lowest BCUT2D eigenvalue weighted by atomic mass is 9.93. The maximum Gasteiger partial charge on any atom is 0.416 e. The van der Waals surface area contributed by atoms with Gasteiger partial charge in [-0.15, -0.1) is 11.3 Å². The Balaban J connectivity index is 1.46. The van der Waals surface area contributed by atoms with Crippen LogP contribution in [-0.4, -0.2) is 21.6 Å². The van der Waals surface area contributed by atoms with Crippen molar-refractivity contribution in [3.05, 3.63) is 82.1 Å². The molecule has 3 aromatic rings.